The van der Waals surface area contributed by atoms with Crippen LogP contribution in [0.5, 0.6) is 5.75 Å². The average Bonchev–Trinajstić information content (AvgIpc) is 2.63. The van der Waals surface area contributed by atoms with Crippen molar-refractivity contribution in [2.24, 2.45) is 0 Å². The van der Waals surface area contributed by atoms with Crippen molar-refractivity contribution >= 4 is 28.1 Å². The van der Waals surface area contributed by atoms with Crippen molar-refractivity contribution < 1.29 is 14.5 Å². The first-order valence-corrected chi connectivity index (χ1v) is 8.15. The van der Waals surface area contributed by atoms with E-state index in [1.54, 1.807) is 19.9 Å². The topological polar surface area (TPSA) is 81.5 Å². The van der Waals surface area contributed by atoms with Crippen LogP contribution in [-0.4, -0.2) is 16.9 Å². The van der Waals surface area contributed by atoms with Crippen molar-refractivity contribution in [3.63, 3.8) is 0 Å². The fraction of sp³-hybridized carbons (Fsp3) is 0.150. The molecule has 0 heterocycles. The van der Waals surface area contributed by atoms with E-state index in [9.17, 15) is 14.9 Å². The van der Waals surface area contributed by atoms with Gasteiger partial charge in [-0.15, -0.1) is 0 Å². The van der Waals surface area contributed by atoms with Gasteiger partial charge in [0.1, 0.15) is 5.75 Å². The number of benzene rings is 3. The Balaban J connectivity index is 1.73. The quantitative estimate of drug-likeness (QED) is 0.544. The lowest BCUT2D eigenvalue weighted by Crippen LogP contribution is -2.30. The van der Waals surface area contributed by atoms with Crippen LogP contribution in [0.1, 0.15) is 12.5 Å². The molecule has 0 aliphatic rings. The minimum Gasteiger partial charge on any atom is -0.481 e. The number of anilines is 1. The Hall–Kier alpha value is -3.41. The second-order valence-electron chi connectivity index (χ2n) is 6.01. The molecule has 3 aromatic rings. The maximum absolute atomic E-state index is 12.4. The molecule has 0 aliphatic heterocycles. The first-order valence-electron chi connectivity index (χ1n) is 8.15. The van der Waals surface area contributed by atoms with Crippen LogP contribution in [-0.2, 0) is 4.79 Å². The van der Waals surface area contributed by atoms with Gasteiger partial charge in [0.25, 0.3) is 11.6 Å². The summed E-state index contributed by atoms with van der Waals surface area (Å²) in [4.78, 5) is 22.8. The van der Waals surface area contributed by atoms with E-state index in [2.05, 4.69) is 5.32 Å². The molecule has 1 atom stereocenters. The SMILES string of the molecule is Cc1ccc([N+](=O)[O-])cc1NC(=O)[C@H](C)Oc1ccc2ccccc2c1. The summed E-state index contributed by atoms with van der Waals surface area (Å²) < 4.78 is 5.73. The molecule has 6 heteroatoms. The fourth-order valence-electron chi connectivity index (χ4n) is 2.59. The van der Waals surface area contributed by atoms with Crippen LogP contribution in [0, 0.1) is 17.0 Å². The Kier molecular flexibility index (Phi) is 4.84. The smallest absolute Gasteiger partial charge is 0.271 e. The van der Waals surface area contributed by atoms with Gasteiger partial charge in [-0.2, -0.15) is 0 Å². The first kappa shape index (κ1) is 17.4. The van der Waals surface area contributed by atoms with Crippen molar-refractivity contribution in [1.29, 1.82) is 0 Å². The van der Waals surface area contributed by atoms with Crippen LogP contribution in [0.4, 0.5) is 11.4 Å². The van der Waals surface area contributed by atoms with Gasteiger partial charge < -0.3 is 10.1 Å². The largest absolute Gasteiger partial charge is 0.481 e. The molecule has 0 fully saturated rings. The summed E-state index contributed by atoms with van der Waals surface area (Å²) in [6.45, 7) is 3.41. The first-order chi connectivity index (χ1) is 12.4. The molecule has 0 spiro atoms. The van der Waals surface area contributed by atoms with Gasteiger partial charge in [0, 0.05) is 12.1 Å². The highest BCUT2D eigenvalue weighted by molar-refractivity contribution is 5.95. The van der Waals surface area contributed by atoms with Crippen LogP contribution < -0.4 is 10.1 Å². The molecular weight excluding hydrogens is 332 g/mol. The highest BCUT2D eigenvalue weighted by Crippen LogP contribution is 2.24. The lowest BCUT2D eigenvalue weighted by atomic mass is 10.1. The molecule has 1 N–H and O–H groups in total. The van der Waals surface area contributed by atoms with Crippen LogP contribution in [0.25, 0.3) is 10.8 Å². The Morgan fingerprint density at radius 1 is 1.08 bits per heavy atom. The third-order valence-corrected chi connectivity index (χ3v) is 4.09. The van der Waals surface area contributed by atoms with Crippen molar-refractivity contribution in [1.82, 2.24) is 0 Å². The van der Waals surface area contributed by atoms with E-state index in [-0.39, 0.29) is 11.6 Å². The average molecular weight is 350 g/mol. The monoisotopic (exact) mass is 350 g/mol. The Bertz CT molecular complexity index is 984. The number of hydrogen-bond donors (Lipinski definition) is 1. The number of non-ortho nitro benzene ring substituents is 1. The molecule has 3 rings (SSSR count). The third kappa shape index (κ3) is 3.80. The number of nitro groups is 1. The van der Waals surface area contributed by atoms with Gasteiger partial charge in [-0.1, -0.05) is 36.4 Å². The van der Waals surface area contributed by atoms with E-state index >= 15 is 0 Å². The molecule has 3 aromatic carbocycles. The summed E-state index contributed by atoms with van der Waals surface area (Å²) in [5, 5.41) is 15.7. The molecule has 0 bridgehead atoms. The van der Waals surface area contributed by atoms with E-state index in [1.807, 2.05) is 42.5 Å². The zero-order valence-corrected chi connectivity index (χ0v) is 14.4. The third-order valence-electron chi connectivity index (χ3n) is 4.09. The normalized spacial score (nSPS) is 11.8. The van der Waals surface area contributed by atoms with Gasteiger partial charge in [-0.05, 0) is 42.3 Å². The second-order valence-corrected chi connectivity index (χ2v) is 6.01. The Labute approximate surface area is 150 Å². The van der Waals surface area contributed by atoms with E-state index in [1.165, 1.54) is 12.1 Å². The lowest BCUT2D eigenvalue weighted by molar-refractivity contribution is -0.384. The predicted molar refractivity (Wildman–Crippen MR) is 101 cm³/mol. The molecule has 0 saturated heterocycles. The Morgan fingerprint density at radius 2 is 1.81 bits per heavy atom. The maximum Gasteiger partial charge on any atom is 0.271 e. The molecule has 26 heavy (non-hydrogen) atoms. The second kappa shape index (κ2) is 7.23. The van der Waals surface area contributed by atoms with Crippen molar-refractivity contribution in [2.45, 2.75) is 20.0 Å². The minimum atomic E-state index is -0.755. The van der Waals surface area contributed by atoms with Gasteiger partial charge in [0.05, 0.1) is 10.6 Å². The summed E-state index contributed by atoms with van der Waals surface area (Å²) >= 11 is 0. The fourth-order valence-corrected chi connectivity index (χ4v) is 2.59. The number of carbonyl (C=O) groups excluding carboxylic acids is 1. The van der Waals surface area contributed by atoms with Crippen molar-refractivity contribution in [2.75, 3.05) is 5.32 Å². The van der Waals surface area contributed by atoms with Gasteiger partial charge in [-0.3, -0.25) is 14.9 Å². The van der Waals surface area contributed by atoms with E-state index in [0.29, 0.717) is 11.4 Å². The number of nitrogens with zero attached hydrogens (tertiary/aromatic N) is 1. The molecule has 0 saturated carbocycles. The molecule has 0 aromatic heterocycles. The van der Waals surface area contributed by atoms with E-state index in [4.69, 9.17) is 4.74 Å². The zero-order valence-electron chi connectivity index (χ0n) is 14.4. The van der Waals surface area contributed by atoms with E-state index < -0.39 is 11.0 Å². The van der Waals surface area contributed by atoms with Gasteiger partial charge in [0.15, 0.2) is 6.10 Å². The summed E-state index contributed by atoms with van der Waals surface area (Å²) in [5.74, 6) is 0.212. The molecule has 132 valence electrons. The lowest BCUT2D eigenvalue weighted by Gasteiger charge is -2.16. The molecule has 0 unspecified atom stereocenters. The van der Waals surface area contributed by atoms with Crippen LogP contribution in [0.2, 0.25) is 0 Å². The Morgan fingerprint density at radius 3 is 2.54 bits per heavy atom. The number of rotatable bonds is 5. The number of aryl methyl sites for hydroxylation is 1. The molecule has 6 nitrogen and oxygen atoms in total. The molecular formula is C20H18N2O4. The molecule has 0 aliphatic carbocycles. The van der Waals surface area contributed by atoms with Gasteiger partial charge >= 0.3 is 0 Å². The van der Waals surface area contributed by atoms with Crippen molar-refractivity contribution in [3.05, 3.63) is 76.3 Å². The maximum atomic E-state index is 12.4. The number of carbonyl (C=O) groups is 1. The highest BCUT2D eigenvalue weighted by Gasteiger charge is 2.17. The molecule has 0 radical (unpaired) electrons. The standard InChI is InChI=1S/C20H18N2O4/c1-13-7-9-17(22(24)25)12-19(13)21-20(23)14(2)26-18-10-8-15-5-3-4-6-16(15)11-18/h3-12,14H,1-2H3,(H,21,23)/t14-/m0/s1. The summed E-state index contributed by atoms with van der Waals surface area (Å²) in [7, 11) is 0. The zero-order chi connectivity index (χ0) is 18.7. The highest BCUT2D eigenvalue weighted by atomic mass is 16.6. The van der Waals surface area contributed by atoms with Crippen LogP contribution in [0.3, 0.4) is 0 Å². The number of amides is 1. The van der Waals surface area contributed by atoms with E-state index in [0.717, 1.165) is 16.3 Å². The number of fused-ring (bicyclic) bond motifs is 1. The van der Waals surface area contributed by atoms with Crippen LogP contribution in [0.15, 0.2) is 60.7 Å². The van der Waals surface area contributed by atoms with Crippen molar-refractivity contribution in [3.8, 4) is 5.75 Å². The summed E-state index contributed by atoms with van der Waals surface area (Å²) in [6.07, 6.45) is -0.755. The number of ether oxygens (including phenoxy) is 1. The molecule has 1 amide bonds. The number of hydrogen-bond acceptors (Lipinski definition) is 4. The van der Waals surface area contributed by atoms with Crippen LogP contribution >= 0.6 is 0 Å². The summed E-state index contributed by atoms with van der Waals surface area (Å²) in [6, 6.07) is 17.8. The summed E-state index contributed by atoms with van der Waals surface area (Å²) in [5.41, 5.74) is 1.06. The minimum absolute atomic E-state index is 0.0750. The predicted octanol–water partition coefficient (Wildman–Crippen LogP) is 4.46. The van der Waals surface area contributed by atoms with Gasteiger partial charge in [-0.25, -0.2) is 0 Å². The number of nitro benzene ring substituents is 1. The van der Waals surface area contributed by atoms with Gasteiger partial charge in [0.2, 0.25) is 0 Å². The number of nitrogens with one attached hydrogen (secondary N) is 1.